The summed E-state index contributed by atoms with van der Waals surface area (Å²) in [5.74, 6) is 0.354. The highest BCUT2D eigenvalue weighted by Crippen LogP contribution is 2.31. The van der Waals surface area contributed by atoms with E-state index in [1.165, 1.54) is 18.2 Å². The van der Waals surface area contributed by atoms with Crippen LogP contribution < -0.4 is 9.46 Å². The van der Waals surface area contributed by atoms with Crippen molar-refractivity contribution < 1.29 is 13.2 Å². The zero-order valence-corrected chi connectivity index (χ0v) is 18.8. The fourth-order valence-electron chi connectivity index (χ4n) is 3.93. The van der Waals surface area contributed by atoms with Crippen LogP contribution in [0, 0.1) is 6.92 Å². The van der Waals surface area contributed by atoms with E-state index in [-0.39, 0.29) is 10.9 Å². The number of hydrogen-bond donors (Lipinski definition) is 1. The van der Waals surface area contributed by atoms with Crippen molar-refractivity contribution >= 4 is 21.4 Å². The second-order valence-electron chi connectivity index (χ2n) is 7.53. The Labute approximate surface area is 182 Å². The van der Waals surface area contributed by atoms with Gasteiger partial charge in [-0.2, -0.15) is 0 Å². The number of rotatable bonds is 7. The van der Waals surface area contributed by atoms with Crippen molar-refractivity contribution in [3.8, 4) is 5.75 Å². The molecule has 0 amide bonds. The third-order valence-corrected chi connectivity index (χ3v) is 7.97. The van der Waals surface area contributed by atoms with Crippen LogP contribution in [0.2, 0.25) is 0 Å². The van der Waals surface area contributed by atoms with Crippen LogP contribution in [-0.4, -0.2) is 33.5 Å². The van der Waals surface area contributed by atoms with Gasteiger partial charge in [0.05, 0.1) is 13.2 Å². The molecule has 0 fully saturated rings. The molecule has 158 valence electrons. The number of fused-ring (bicyclic) bond motifs is 1. The molecule has 5 nitrogen and oxygen atoms in total. The summed E-state index contributed by atoms with van der Waals surface area (Å²) in [6.07, 6.45) is 0.969. The Kier molecular flexibility index (Phi) is 6.24. The molecule has 2 heterocycles. The summed E-state index contributed by atoms with van der Waals surface area (Å²) in [6.45, 7) is 3.89. The number of methoxy groups -OCH3 is 1. The summed E-state index contributed by atoms with van der Waals surface area (Å²) in [6, 6.07) is 17.8. The van der Waals surface area contributed by atoms with Crippen LogP contribution in [-0.2, 0) is 23.0 Å². The average molecular weight is 443 g/mol. The van der Waals surface area contributed by atoms with Gasteiger partial charge in [-0.25, -0.2) is 13.1 Å². The molecule has 1 N–H and O–H groups in total. The lowest BCUT2D eigenvalue weighted by Gasteiger charge is -2.35. The molecule has 0 aliphatic carbocycles. The molecule has 0 saturated heterocycles. The summed E-state index contributed by atoms with van der Waals surface area (Å²) in [4.78, 5) is 3.71. The topological polar surface area (TPSA) is 58.6 Å². The second kappa shape index (κ2) is 8.89. The number of benzene rings is 2. The number of hydrogen-bond acceptors (Lipinski definition) is 5. The highest BCUT2D eigenvalue weighted by atomic mass is 32.2. The molecule has 1 aliphatic rings. The zero-order chi connectivity index (χ0) is 21.1. The van der Waals surface area contributed by atoms with Gasteiger partial charge in [-0.1, -0.05) is 36.4 Å². The quantitative estimate of drug-likeness (QED) is 0.597. The minimum absolute atomic E-state index is 0.0241. The Morgan fingerprint density at radius 2 is 1.93 bits per heavy atom. The Morgan fingerprint density at radius 1 is 1.13 bits per heavy atom. The van der Waals surface area contributed by atoms with E-state index in [2.05, 4.69) is 40.0 Å². The first-order chi connectivity index (χ1) is 14.5. The highest BCUT2D eigenvalue weighted by molar-refractivity contribution is 7.89. The van der Waals surface area contributed by atoms with Gasteiger partial charge < -0.3 is 4.74 Å². The lowest BCUT2D eigenvalue weighted by molar-refractivity contribution is 0.183. The first-order valence-electron chi connectivity index (χ1n) is 9.96. The molecular weight excluding hydrogens is 416 g/mol. The van der Waals surface area contributed by atoms with E-state index < -0.39 is 10.0 Å². The average Bonchev–Trinajstić information content (AvgIpc) is 3.28. The van der Waals surface area contributed by atoms with Gasteiger partial charge in [0.15, 0.2) is 0 Å². The van der Waals surface area contributed by atoms with Gasteiger partial charge in [-0.3, -0.25) is 4.90 Å². The van der Waals surface area contributed by atoms with Crippen LogP contribution in [0.15, 0.2) is 64.9 Å². The number of nitrogens with zero attached hydrogens (tertiary/aromatic N) is 1. The predicted octanol–water partition coefficient (Wildman–Crippen LogP) is 4.14. The van der Waals surface area contributed by atoms with Crippen molar-refractivity contribution in [2.75, 3.05) is 20.2 Å². The second-order valence-corrected chi connectivity index (χ2v) is 10.2. The fraction of sp³-hybridized carbons (Fsp3) is 0.304. The summed E-state index contributed by atoms with van der Waals surface area (Å²) >= 11 is 1.66. The molecule has 30 heavy (non-hydrogen) atoms. The third-order valence-electron chi connectivity index (χ3n) is 5.55. The van der Waals surface area contributed by atoms with Crippen molar-refractivity contribution in [2.24, 2.45) is 0 Å². The number of ether oxygens (including phenoxy) is 1. The molecular formula is C23H26N2O3S2. The van der Waals surface area contributed by atoms with Crippen molar-refractivity contribution in [1.82, 2.24) is 9.62 Å². The van der Waals surface area contributed by atoms with Crippen molar-refractivity contribution in [3.05, 3.63) is 81.5 Å². The minimum atomic E-state index is -3.71. The van der Waals surface area contributed by atoms with Crippen LogP contribution >= 0.6 is 11.3 Å². The number of aryl methyl sites for hydroxylation is 1. The van der Waals surface area contributed by atoms with Crippen molar-refractivity contribution in [2.45, 2.75) is 30.8 Å². The molecule has 1 aliphatic heterocycles. The van der Waals surface area contributed by atoms with Crippen LogP contribution in [0.25, 0.3) is 0 Å². The first kappa shape index (κ1) is 21.1. The molecule has 0 radical (unpaired) electrons. The number of sulfonamides is 1. The Balaban J connectivity index is 1.58. The molecule has 0 unspecified atom stereocenters. The first-order valence-corrected chi connectivity index (χ1v) is 12.3. The maximum absolute atomic E-state index is 13.1. The molecule has 1 aromatic heterocycles. The number of nitrogens with one attached hydrogen (secondary N) is 1. The van der Waals surface area contributed by atoms with Gasteiger partial charge in [0.1, 0.15) is 10.6 Å². The van der Waals surface area contributed by atoms with E-state index in [0.717, 1.165) is 30.0 Å². The van der Waals surface area contributed by atoms with Crippen LogP contribution in [0.5, 0.6) is 5.75 Å². The largest absolute Gasteiger partial charge is 0.495 e. The molecule has 3 aromatic rings. The van der Waals surface area contributed by atoms with Gasteiger partial charge >= 0.3 is 0 Å². The molecule has 2 aromatic carbocycles. The van der Waals surface area contributed by atoms with Gasteiger partial charge in [0.2, 0.25) is 10.0 Å². The summed E-state index contributed by atoms with van der Waals surface area (Å²) in [7, 11) is -2.22. The highest BCUT2D eigenvalue weighted by Gasteiger charge is 2.28. The molecule has 0 spiro atoms. The maximum Gasteiger partial charge on any atom is 0.244 e. The zero-order valence-electron chi connectivity index (χ0n) is 17.2. The van der Waals surface area contributed by atoms with Gasteiger partial charge in [0.25, 0.3) is 0 Å². The van der Waals surface area contributed by atoms with Crippen LogP contribution in [0.4, 0.5) is 0 Å². The molecule has 1 atom stereocenters. The lowest BCUT2D eigenvalue weighted by Crippen LogP contribution is -2.40. The van der Waals surface area contributed by atoms with E-state index in [4.69, 9.17) is 4.74 Å². The fourth-order valence-corrected chi connectivity index (χ4v) is 6.09. The standard InChI is InChI=1S/C23H26N2O3S2/c1-17-9-10-21(28-2)23(14-17)30(26,27)24-15-20(22-8-5-13-29-22)25-12-11-18-6-3-4-7-19(18)16-25/h3-10,13-14,20,24H,11-12,15-16H2,1-2H3/t20-/m0/s1. The predicted molar refractivity (Wildman–Crippen MR) is 121 cm³/mol. The van der Waals surface area contributed by atoms with Crippen LogP contribution in [0.1, 0.15) is 27.6 Å². The summed E-state index contributed by atoms with van der Waals surface area (Å²) < 4.78 is 34.4. The van der Waals surface area contributed by atoms with E-state index >= 15 is 0 Å². The maximum atomic E-state index is 13.1. The Bertz CT molecular complexity index is 1110. The molecule has 7 heteroatoms. The van der Waals surface area contributed by atoms with Gasteiger partial charge in [-0.15, -0.1) is 11.3 Å². The van der Waals surface area contributed by atoms with E-state index in [1.54, 1.807) is 23.5 Å². The van der Waals surface area contributed by atoms with E-state index in [1.807, 2.05) is 24.4 Å². The summed E-state index contributed by atoms with van der Waals surface area (Å²) in [5.41, 5.74) is 3.57. The molecule has 0 saturated carbocycles. The molecule has 4 rings (SSSR count). The van der Waals surface area contributed by atoms with Crippen molar-refractivity contribution in [1.29, 1.82) is 0 Å². The third kappa shape index (κ3) is 4.44. The van der Waals surface area contributed by atoms with Gasteiger partial charge in [-0.05, 0) is 53.6 Å². The SMILES string of the molecule is COc1ccc(C)cc1S(=O)(=O)NC[C@@H](c1cccs1)N1CCc2ccccc2C1. The van der Waals surface area contributed by atoms with Crippen LogP contribution in [0.3, 0.4) is 0 Å². The minimum Gasteiger partial charge on any atom is -0.495 e. The number of thiophene rings is 1. The monoisotopic (exact) mass is 442 g/mol. The van der Waals surface area contributed by atoms with Crippen molar-refractivity contribution in [3.63, 3.8) is 0 Å². The Morgan fingerprint density at radius 3 is 2.67 bits per heavy atom. The Hall–Kier alpha value is -2.19. The smallest absolute Gasteiger partial charge is 0.244 e. The van der Waals surface area contributed by atoms with E-state index in [9.17, 15) is 8.42 Å². The normalized spacial score (nSPS) is 15.5. The van der Waals surface area contributed by atoms with E-state index in [0.29, 0.717) is 12.3 Å². The summed E-state index contributed by atoms with van der Waals surface area (Å²) in [5, 5.41) is 2.04. The lowest BCUT2D eigenvalue weighted by atomic mass is 9.98. The van der Waals surface area contributed by atoms with Gasteiger partial charge in [0, 0.05) is 24.5 Å². The molecule has 0 bridgehead atoms.